The van der Waals surface area contributed by atoms with Crippen LogP contribution in [-0.4, -0.2) is 80.9 Å². The van der Waals surface area contributed by atoms with Crippen LogP contribution in [0, 0.1) is 0 Å². The first kappa shape index (κ1) is 31.7. The molecule has 0 fully saturated rings. The molecule has 0 heterocycles. The van der Waals surface area contributed by atoms with E-state index in [1.807, 2.05) is 74.5 Å². The Morgan fingerprint density at radius 3 is 1.76 bits per heavy atom. The van der Waals surface area contributed by atoms with Crippen molar-refractivity contribution in [1.82, 2.24) is 15.5 Å². The third kappa shape index (κ3) is 9.67. The maximum absolute atomic E-state index is 12.1. The van der Waals surface area contributed by atoms with Crippen molar-refractivity contribution < 1.29 is 25.2 Å². The van der Waals surface area contributed by atoms with Gasteiger partial charge in [-0.3, -0.25) is 0 Å². The van der Waals surface area contributed by atoms with Crippen LogP contribution in [0.15, 0.2) is 60.7 Å². The third-order valence-electron chi connectivity index (χ3n) is 7.05. The van der Waals surface area contributed by atoms with Gasteiger partial charge in [-0.05, 0) is 65.5 Å². The summed E-state index contributed by atoms with van der Waals surface area (Å²) in [4.78, 5) is 13.3. The largest absolute Gasteiger partial charge is 0.530 e. The van der Waals surface area contributed by atoms with Crippen molar-refractivity contribution in [2.45, 2.75) is 95.9 Å². The molecule has 0 unspecified atom stereocenters. The molecule has 2 rings (SSSR count). The standard InChI is InChI=1S/C30H47N3O5/c1-21(34)30(5,6)32-24(17-22-13-9-7-10-14-22)26(35)19-31-20-27(36)25(18-23-15-11-8-12-16-23)33(28(37)38)29(2,3)4/h7-16,21,24-27,31-32,34-36H,17-20H2,1-6H3,(H,37,38)/p-1/t21-,24+,25+,26-,27-/m1/s1. The minimum absolute atomic E-state index is 0.0757. The Morgan fingerprint density at radius 1 is 0.842 bits per heavy atom. The van der Waals surface area contributed by atoms with E-state index in [4.69, 9.17) is 0 Å². The highest BCUT2D eigenvalue weighted by molar-refractivity contribution is 5.64. The van der Waals surface area contributed by atoms with Gasteiger partial charge in [0.05, 0.1) is 24.4 Å². The smallest absolute Gasteiger partial charge is 0.137 e. The zero-order valence-corrected chi connectivity index (χ0v) is 23.6. The molecule has 0 saturated heterocycles. The van der Waals surface area contributed by atoms with Crippen LogP contribution in [0.4, 0.5) is 4.79 Å². The topological polar surface area (TPSA) is 128 Å². The van der Waals surface area contributed by atoms with Gasteiger partial charge in [-0.1, -0.05) is 60.7 Å². The maximum Gasteiger partial charge on any atom is 0.137 e. The van der Waals surface area contributed by atoms with Crippen molar-refractivity contribution in [3.8, 4) is 0 Å². The molecule has 2 aromatic rings. The number of carbonyl (C=O) groups excluding carboxylic acids is 1. The number of aliphatic hydroxyl groups excluding tert-OH is 3. The number of hydrogen-bond donors (Lipinski definition) is 5. The predicted molar refractivity (Wildman–Crippen MR) is 149 cm³/mol. The summed E-state index contributed by atoms with van der Waals surface area (Å²) in [7, 11) is 0. The molecule has 5 atom stereocenters. The minimum Gasteiger partial charge on any atom is -0.530 e. The average molecular weight is 529 g/mol. The lowest BCUT2D eigenvalue weighted by molar-refractivity contribution is -0.275. The second kappa shape index (κ2) is 14.1. The molecule has 0 aliphatic heterocycles. The number of aliphatic hydroxyl groups is 3. The molecule has 0 saturated carbocycles. The Bertz CT molecular complexity index is 963. The number of benzene rings is 2. The monoisotopic (exact) mass is 528 g/mol. The van der Waals surface area contributed by atoms with Crippen LogP contribution in [0.5, 0.6) is 0 Å². The Kier molecular flexibility index (Phi) is 11.7. The number of nitrogens with zero attached hydrogens (tertiary/aromatic N) is 1. The van der Waals surface area contributed by atoms with Crippen LogP contribution < -0.4 is 15.7 Å². The highest BCUT2D eigenvalue weighted by Gasteiger charge is 2.34. The lowest BCUT2D eigenvalue weighted by Gasteiger charge is -2.45. The zero-order chi connectivity index (χ0) is 28.5. The molecule has 0 aliphatic rings. The Hall–Kier alpha value is -2.49. The molecule has 38 heavy (non-hydrogen) atoms. The van der Waals surface area contributed by atoms with E-state index in [-0.39, 0.29) is 19.1 Å². The SMILES string of the molecule is C[C@@H](O)C(C)(C)N[C@@H](Cc1ccccc1)[C@H](O)CNC[C@@H](O)[C@H](Cc1ccccc1)N(C(=O)[O-])C(C)(C)C. The summed E-state index contributed by atoms with van der Waals surface area (Å²) >= 11 is 0. The van der Waals surface area contributed by atoms with E-state index in [2.05, 4.69) is 10.6 Å². The number of nitrogens with one attached hydrogen (secondary N) is 2. The molecule has 8 nitrogen and oxygen atoms in total. The first-order chi connectivity index (χ1) is 17.7. The average Bonchev–Trinajstić information content (AvgIpc) is 2.83. The van der Waals surface area contributed by atoms with Crippen LogP contribution in [-0.2, 0) is 12.8 Å². The number of amides is 1. The molecule has 2 aromatic carbocycles. The summed E-state index contributed by atoms with van der Waals surface area (Å²) in [5.74, 6) is 0. The molecule has 8 heteroatoms. The lowest BCUT2D eigenvalue weighted by Crippen LogP contribution is -2.62. The molecule has 0 radical (unpaired) electrons. The van der Waals surface area contributed by atoms with E-state index in [1.54, 1.807) is 27.7 Å². The molecular weight excluding hydrogens is 482 g/mol. The summed E-state index contributed by atoms with van der Waals surface area (Å²) in [5, 5.41) is 51.2. The van der Waals surface area contributed by atoms with E-state index < -0.39 is 41.5 Å². The van der Waals surface area contributed by atoms with Gasteiger partial charge in [0.2, 0.25) is 0 Å². The van der Waals surface area contributed by atoms with Crippen molar-refractivity contribution in [2.24, 2.45) is 0 Å². The number of hydrogen-bond acceptors (Lipinski definition) is 7. The van der Waals surface area contributed by atoms with Crippen LogP contribution >= 0.6 is 0 Å². The first-order valence-corrected chi connectivity index (χ1v) is 13.3. The van der Waals surface area contributed by atoms with Crippen molar-refractivity contribution in [2.75, 3.05) is 13.1 Å². The molecular formula is C30H46N3O5-. The highest BCUT2D eigenvalue weighted by Crippen LogP contribution is 2.22. The zero-order valence-electron chi connectivity index (χ0n) is 23.6. The fourth-order valence-corrected chi connectivity index (χ4v) is 4.57. The molecule has 0 aliphatic carbocycles. The van der Waals surface area contributed by atoms with Gasteiger partial charge >= 0.3 is 0 Å². The summed E-state index contributed by atoms with van der Waals surface area (Å²) in [5.41, 5.74) is 0.529. The van der Waals surface area contributed by atoms with Gasteiger partial charge in [0.1, 0.15) is 6.09 Å². The summed E-state index contributed by atoms with van der Waals surface area (Å²) < 4.78 is 0. The normalized spacial score (nSPS) is 16.3. The van der Waals surface area contributed by atoms with Crippen LogP contribution in [0.25, 0.3) is 0 Å². The second-order valence-corrected chi connectivity index (χ2v) is 11.7. The van der Waals surface area contributed by atoms with Gasteiger partial charge in [0.25, 0.3) is 0 Å². The third-order valence-corrected chi connectivity index (χ3v) is 7.05. The molecule has 212 valence electrons. The van der Waals surface area contributed by atoms with E-state index in [9.17, 15) is 25.2 Å². The van der Waals surface area contributed by atoms with Gasteiger partial charge in [-0.15, -0.1) is 0 Å². The molecule has 0 bridgehead atoms. The Balaban J connectivity index is 2.14. The molecule has 5 N–H and O–H groups in total. The van der Waals surface area contributed by atoms with Gasteiger partial charge in [-0.2, -0.15) is 0 Å². The van der Waals surface area contributed by atoms with Crippen molar-refractivity contribution in [1.29, 1.82) is 0 Å². The Morgan fingerprint density at radius 2 is 1.32 bits per heavy atom. The van der Waals surface area contributed by atoms with Crippen molar-refractivity contribution >= 4 is 6.09 Å². The van der Waals surface area contributed by atoms with Crippen LogP contribution in [0.2, 0.25) is 0 Å². The quantitative estimate of drug-likeness (QED) is 0.253. The summed E-state index contributed by atoms with van der Waals surface area (Å²) in [6.07, 6.45) is -3.01. The fraction of sp³-hybridized carbons (Fsp3) is 0.567. The lowest BCUT2D eigenvalue weighted by atomic mass is 9.93. The first-order valence-electron chi connectivity index (χ1n) is 13.3. The summed E-state index contributed by atoms with van der Waals surface area (Å²) in [6, 6.07) is 18.1. The van der Waals surface area contributed by atoms with Gasteiger partial charge < -0.3 is 40.8 Å². The predicted octanol–water partition coefficient (Wildman–Crippen LogP) is 1.71. The molecule has 0 aromatic heterocycles. The number of carboxylic acid groups (broad SMARTS) is 1. The number of rotatable bonds is 14. The van der Waals surface area contributed by atoms with Gasteiger partial charge in [0, 0.05) is 30.2 Å². The highest BCUT2D eigenvalue weighted by atomic mass is 16.4. The van der Waals surface area contributed by atoms with E-state index in [1.165, 1.54) is 4.90 Å². The second-order valence-electron chi connectivity index (χ2n) is 11.7. The van der Waals surface area contributed by atoms with Crippen LogP contribution in [0.3, 0.4) is 0 Å². The van der Waals surface area contributed by atoms with Crippen molar-refractivity contribution in [3.05, 3.63) is 71.8 Å². The molecule has 0 spiro atoms. The molecule has 1 amide bonds. The van der Waals surface area contributed by atoms with Crippen LogP contribution in [0.1, 0.15) is 52.7 Å². The Labute approximate surface area is 227 Å². The van der Waals surface area contributed by atoms with Gasteiger partial charge in [0.15, 0.2) is 0 Å². The minimum atomic E-state index is -1.34. The van der Waals surface area contributed by atoms with Crippen molar-refractivity contribution in [3.63, 3.8) is 0 Å². The van der Waals surface area contributed by atoms with E-state index >= 15 is 0 Å². The fourth-order valence-electron chi connectivity index (χ4n) is 4.57. The summed E-state index contributed by atoms with van der Waals surface area (Å²) in [6.45, 7) is 11.0. The van der Waals surface area contributed by atoms with E-state index in [0.717, 1.165) is 11.1 Å². The maximum atomic E-state index is 12.1. The number of carbonyl (C=O) groups is 1. The van der Waals surface area contributed by atoms with Gasteiger partial charge in [-0.25, -0.2) is 0 Å². The van der Waals surface area contributed by atoms with E-state index in [0.29, 0.717) is 12.8 Å².